The summed E-state index contributed by atoms with van der Waals surface area (Å²) in [7, 11) is 1.61. The highest BCUT2D eigenvalue weighted by Gasteiger charge is 2.24. The minimum Gasteiger partial charge on any atom is -0.493 e. The molecule has 122 valence electrons. The monoisotopic (exact) mass is 306 g/mol. The van der Waals surface area contributed by atoms with Crippen molar-refractivity contribution in [2.75, 3.05) is 26.8 Å². The van der Waals surface area contributed by atoms with Crippen molar-refractivity contribution < 1.29 is 14.3 Å². The Kier molecular flexibility index (Phi) is 6.07. The molecule has 0 radical (unpaired) electrons. The maximum atomic E-state index is 12.2. The molecule has 5 heteroatoms. The van der Waals surface area contributed by atoms with E-state index >= 15 is 0 Å². The van der Waals surface area contributed by atoms with E-state index in [-0.39, 0.29) is 11.9 Å². The summed E-state index contributed by atoms with van der Waals surface area (Å²) >= 11 is 0. The summed E-state index contributed by atoms with van der Waals surface area (Å²) in [6, 6.07) is 7.68. The van der Waals surface area contributed by atoms with Gasteiger partial charge in [0.05, 0.1) is 20.1 Å². The Bertz CT molecular complexity index is 483. The first kappa shape index (κ1) is 16.6. The lowest BCUT2D eigenvalue weighted by Crippen LogP contribution is -2.42. The molecule has 5 nitrogen and oxygen atoms in total. The summed E-state index contributed by atoms with van der Waals surface area (Å²) < 4.78 is 10.9. The standard InChI is InChI=1S/C17H26N2O3/c1-13(18)14-7-10-19(11-8-14)17(20)9-12-22-16-6-4-3-5-15(16)21-2/h3-6,13-14H,7-12,18H2,1-2H3. The molecule has 2 rings (SSSR count). The maximum Gasteiger partial charge on any atom is 0.225 e. The maximum absolute atomic E-state index is 12.2. The van der Waals surface area contributed by atoms with Crippen molar-refractivity contribution >= 4 is 5.91 Å². The zero-order valence-electron chi connectivity index (χ0n) is 13.5. The Labute approximate surface area is 132 Å². The third kappa shape index (κ3) is 4.37. The van der Waals surface area contributed by atoms with Gasteiger partial charge in [0.1, 0.15) is 0 Å². The Morgan fingerprint density at radius 3 is 2.55 bits per heavy atom. The van der Waals surface area contributed by atoms with E-state index in [1.54, 1.807) is 7.11 Å². The average Bonchev–Trinajstić information content (AvgIpc) is 2.55. The number of nitrogens with zero attached hydrogens (tertiary/aromatic N) is 1. The number of rotatable bonds is 6. The molecule has 0 spiro atoms. The zero-order valence-corrected chi connectivity index (χ0v) is 13.5. The number of benzene rings is 1. The van der Waals surface area contributed by atoms with Gasteiger partial charge in [0.15, 0.2) is 11.5 Å². The molecule has 2 N–H and O–H groups in total. The number of methoxy groups -OCH3 is 1. The van der Waals surface area contributed by atoms with Crippen LogP contribution in [-0.4, -0.2) is 43.7 Å². The number of likely N-dealkylation sites (tertiary alicyclic amines) is 1. The molecule has 0 aromatic heterocycles. The second-order valence-electron chi connectivity index (χ2n) is 5.83. The van der Waals surface area contributed by atoms with E-state index in [1.165, 1.54) is 0 Å². The number of carbonyl (C=O) groups is 1. The zero-order chi connectivity index (χ0) is 15.9. The summed E-state index contributed by atoms with van der Waals surface area (Å²) in [6.07, 6.45) is 2.38. The highest BCUT2D eigenvalue weighted by atomic mass is 16.5. The number of hydrogen-bond donors (Lipinski definition) is 1. The molecule has 1 saturated heterocycles. The second-order valence-corrected chi connectivity index (χ2v) is 5.83. The summed E-state index contributed by atoms with van der Waals surface area (Å²) in [4.78, 5) is 14.1. The van der Waals surface area contributed by atoms with Crippen LogP contribution in [0.2, 0.25) is 0 Å². The van der Waals surface area contributed by atoms with Crippen LogP contribution in [0.3, 0.4) is 0 Å². The Hall–Kier alpha value is -1.75. The fourth-order valence-corrected chi connectivity index (χ4v) is 2.82. The predicted molar refractivity (Wildman–Crippen MR) is 86.1 cm³/mol. The smallest absolute Gasteiger partial charge is 0.225 e. The molecule has 22 heavy (non-hydrogen) atoms. The normalized spacial score (nSPS) is 17.1. The number of hydrogen-bond acceptors (Lipinski definition) is 4. The lowest BCUT2D eigenvalue weighted by Gasteiger charge is -2.33. The molecule has 1 heterocycles. The van der Waals surface area contributed by atoms with E-state index < -0.39 is 0 Å². The first-order valence-corrected chi connectivity index (χ1v) is 7.91. The van der Waals surface area contributed by atoms with E-state index in [0.29, 0.717) is 30.4 Å². The fraction of sp³-hybridized carbons (Fsp3) is 0.588. The van der Waals surface area contributed by atoms with E-state index in [2.05, 4.69) is 0 Å². The van der Waals surface area contributed by atoms with Crippen molar-refractivity contribution in [1.29, 1.82) is 0 Å². The summed E-state index contributed by atoms with van der Waals surface area (Å²) in [5.41, 5.74) is 5.93. The summed E-state index contributed by atoms with van der Waals surface area (Å²) in [5, 5.41) is 0. The van der Waals surface area contributed by atoms with Crippen LogP contribution in [0.1, 0.15) is 26.2 Å². The average molecular weight is 306 g/mol. The molecular weight excluding hydrogens is 280 g/mol. The molecule has 0 saturated carbocycles. The van der Waals surface area contributed by atoms with Crippen molar-refractivity contribution in [2.45, 2.75) is 32.2 Å². The molecule has 1 aliphatic heterocycles. The number of carbonyl (C=O) groups excluding carboxylic acids is 1. The van der Waals surface area contributed by atoms with Gasteiger partial charge in [-0.3, -0.25) is 4.79 Å². The molecule has 1 unspecified atom stereocenters. The molecule has 1 aromatic carbocycles. The molecular formula is C17H26N2O3. The van der Waals surface area contributed by atoms with Gasteiger partial charge in [-0.05, 0) is 37.8 Å². The van der Waals surface area contributed by atoms with Crippen molar-refractivity contribution in [3.05, 3.63) is 24.3 Å². The van der Waals surface area contributed by atoms with Crippen molar-refractivity contribution in [3.63, 3.8) is 0 Å². The van der Waals surface area contributed by atoms with Gasteiger partial charge < -0.3 is 20.1 Å². The largest absolute Gasteiger partial charge is 0.493 e. The second kappa shape index (κ2) is 8.03. The molecule has 1 amide bonds. The topological polar surface area (TPSA) is 64.8 Å². The van der Waals surface area contributed by atoms with E-state index in [9.17, 15) is 4.79 Å². The van der Waals surface area contributed by atoms with Crippen molar-refractivity contribution in [3.8, 4) is 11.5 Å². The number of para-hydroxylation sites is 2. The van der Waals surface area contributed by atoms with Crippen molar-refractivity contribution in [2.24, 2.45) is 11.7 Å². The lowest BCUT2D eigenvalue weighted by atomic mass is 9.91. The number of piperidine rings is 1. The summed E-state index contributed by atoms with van der Waals surface area (Å²) in [5.74, 6) is 2.05. The minimum atomic E-state index is 0.151. The molecule has 0 bridgehead atoms. The third-order valence-electron chi connectivity index (χ3n) is 4.28. The predicted octanol–water partition coefficient (Wildman–Crippen LogP) is 2.05. The van der Waals surface area contributed by atoms with Gasteiger partial charge in [-0.1, -0.05) is 12.1 Å². The highest BCUT2D eigenvalue weighted by molar-refractivity contribution is 5.76. The van der Waals surface area contributed by atoms with Gasteiger partial charge in [0.2, 0.25) is 5.91 Å². The fourth-order valence-electron chi connectivity index (χ4n) is 2.82. The van der Waals surface area contributed by atoms with E-state index in [4.69, 9.17) is 15.2 Å². The van der Waals surface area contributed by atoms with Crippen LogP contribution in [0.5, 0.6) is 11.5 Å². The van der Waals surface area contributed by atoms with Gasteiger partial charge in [0, 0.05) is 19.1 Å². The van der Waals surface area contributed by atoms with Gasteiger partial charge >= 0.3 is 0 Å². The van der Waals surface area contributed by atoms with Crippen LogP contribution in [0.4, 0.5) is 0 Å². The van der Waals surface area contributed by atoms with Crippen LogP contribution in [0.15, 0.2) is 24.3 Å². The van der Waals surface area contributed by atoms with Gasteiger partial charge in [-0.25, -0.2) is 0 Å². The van der Waals surface area contributed by atoms with Crippen LogP contribution < -0.4 is 15.2 Å². The first-order chi connectivity index (χ1) is 10.6. The number of ether oxygens (including phenoxy) is 2. The van der Waals surface area contributed by atoms with Gasteiger partial charge in [-0.15, -0.1) is 0 Å². The van der Waals surface area contributed by atoms with Crippen LogP contribution >= 0.6 is 0 Å². The Morgan fingerprint density at radius 2 is 1.95 bits per heavy atom. The SMILES string of the molecule is COc1ccccc1OCCC(=O)N1CCC(C(C)N)CC1. The number of amides is 1. The third-order valence-corrected chi connectivity index (χ3v) is 4.28. The van der Waals surface area contributed by atoms with Crippen LogP contribution in [0.25, 0.3) is 0 Å². The van der Waals surface area contributed by atoms with Crippen molar-refractivity contribution in [1.82, 2.24) is 4.90 Å². The molecule has 1 aliphatic rings. The lowest BCUT2D eigenvalue weighted by molar-refractivity contribution is -0.133. The van der Waals surface area contributed by atoms with Crippen LogP contribution in [-0.2, 0) is 4.79 Å². The van der Waals surface area contributed by atoms with E-state index in [1.807, 2.05) is 36.1 Å². The van der Waals surface area contributed by atoms with Gasteiger partial charge in [-0.2, -0.15) is 0 Å². The molecule has 0 aliphatic carbocycles. The highest BCUT2D eigenvalue weighted by Crippen LogP contribution is 2.26. The Morgan fingerprint density at radius 1 is 1.32 bits per heavy atom. The van der Waals surface area contributed by atoms with E-state index in [0.717, 1.165) is 25.9 Å². The minimum absolute atomic E-state index is 0.151. The quantitative estimate of drug-likeness (QED) is 0.873. The molecule has 1 atom stereocenters. The number of nitrogens with two attached hydrogens (primary N) is 1. The van der Waals surface area contributed by atoms with Gasteiger partial charge in [0.25, 0.3) is 0 Å². The summed E-state index contributed by atoms with van der Waals surface area (Å²) in [6.45, 7) is 4.02. The molecule has 1 aromatic rings. The first-order valence-electron chi connectivity index (χ1n) is 7.91. The molecule has 1 fully saturated rings. The van der Waals surface area contributed by atoms with Crippen LogP contribution in [0, 0.1) is 5.92 Å². The Balaban J connectivity index is 1.74.